The number of aliphatic carboxylic acids is 1. The topological polar surface area (TPSA) is 54.4 Å². The summed E-state index contributed by atoms with van der Waals surface area (Å²) in [5.41, 5.74) is 1.01. The van der Waals surface area contributed by atoms with E-state index in [0.717, 1.165) is 18.4 Å². The molecule has 1 aliphatic carbocycles. The summed E-state index contributed by atoms with van der Waals surface area (Å²) in [5.74, 6) is -1.08. The van der Waals surface area contributed by atoms with Gasteiger partial charge in [-0.25, -0.2) is 0 Å². The molecule has 3 nitrogen and oxygen atoms in total. The van der Waals surface area contributed by atoms with Gasteiger partial charge < -0.3 is 5.11 Å². The normalized spacial score (nSPS) is 23.1. The van der Waals surface area contributed by atoms with Gasteiger partial charge in [-0.3, -0.25) is 9.59 Å². The molecule has 1 atom stereocenters. The zero-order valence-corrected chi connectivity index (χ0v) is 13.1. The lowest BCUT2D eigenvalue weighted by molar-refractivity contribution is -0.157. The highest BCUT2D eigenvalue weighted by atomic mass is 16.4. The monoisotopic (exact) mass is 288 g/mol. The van der Waals surface area contributed by atoms with Crippen LogP contribution < -0.4 is 0 Å². The van der Waals surface area contributed by atoms with E-state index in [1.54, 1.807) is 0 Å². The first kappa shape index (κ1) is 15.7. The molecule has 0 aliphatic heterocycles. The summed E-state index contributed by atoms with van der Waals surface area (Å²) >= 11 is 0. The van der Waals surface area contributed by atoms with Gasteiger partial charge in [0.1, 0.15) is 5.41 Å². The van der Waals surface area contributed by atoms with Gasteiger partial charge in [0.05, 0.1) is 0 Å². The van der Waals surface area contributed by atoms with Gasteiger partial charge in [-0.2, -0.15) is 0 Å². The van der Waals surface area contributed by atoms with Crippen molar-refractivity contribution in [2.45, 2.75) is 58.3 Å². The molecule has 0 amide bonds. The number of carboxylic acid groups (broad SMARTS) is 1. The fourth-order valence-electron chi connectivity index (χ4n) is 3.05. The third kappa shape index (κ3) is 3.17. The lowest BCUT2D eigenvalue weighted by Crippen LogP contribution is -2.43. The van der Waals surface area contributed by atoms with Gasteiger partial charge in [0.15, 0.2) is 5.78 Å². The molecule has 1 aromatic carbocycles. The minimum atomic E-state index is -1.21. The molecule has 0 heterocycles. The average Bonchev–Trinajstić information content (AvgIpc) is 2.41. The zero-order chi connectivity index (χ0) is 15.7. The molecular weight excluding hydrogens is 264 g/mol. The molecule has 1 saturated carbocycles. The van der Waals surface area contributed by atoms with E-state index in [4.69, 9.17) is 0 Å². The summed E-state index contributed by atoms with van der Waals surface area (Å²) in [5, 5.41) is 9.58. The number of hydrogen-bond acceptors (Lipinski definition) is 2. The Balaban J connectivity index is 2.26. The molecule has 0 saturated heterocycles. The Labute approximate surface area is 126 Å². The second-order valence-electron chi connectivity index (χ2n) is 7.14. The number of carbonyl (C=O) groups excluding carboxylic acids is 1. The SMILES string of the molecule is CC(C)(C)c1ccc(CC2(C(=O)O)CCCCC2=O)cc1. The minimum Gasteiger partial charge on any atom is -0.480 e. The summed E-state index contributed by atoms with van der Waals surface area (Å²) in [6.07, 6.45) is 2.80. The van der Waals surface area contributed by atoms with Crippen molar-refractivity contribution < 1.29 is 14.7 Å². The van der Waals surface area contributed by atoms with Gasteiger partial charge in [-0.1, -0.05) is 51.5 Å². The zero-order valence-electron chi connectivity index (χ0n) is 13.1. The van der Waals surface area contributed by atoms with Crippen LogP contribution in [0, 0.1) is 5.41 Å². The molecule has 0 spiro atoms. The Kier molecular flexibility index (Phi) is 4.22. The van der Waals surface area contributed by atoms with E-state index in [1.807, 2.05) is 24.3 Å². The van der Waals surface area contributed by atoms with E-state index in [0.29, 0.717) is 19.3 Å². The van der Waals surface area contributed by atoms with E-state index < -0.39 is 11.4 Å². The van der Waals surface area contributed by atoms with Crippen LogP contribution in [0.3, 0.4) is 0 Å². The van der Waals surface area contributed by atoms with E-state index in [1.165, 1.54) is 5.56 Å². The smallest absolute Gasteiger partial charge is 0.317 e. The molecule has 0 aromatic heterocycles. The highest BCUT2D eigenvalue weighted by Gasteiger charge is 2.46. The Morgan fingerprint density at radius 2 is 1.81 bits per heavy atom. The van der Waals surface area contributed by atoms with Crippen molar-refractivity contribution in [3.05, 3.63) is 35.4 Å². The molecule has 2 rings (SSSR count). The van der Waals surface area contributed by atoms with Crippen LogP contribution in [-0.2, 0) is 21.4 Å². The molecule has 21 heavy (non-hydrogen) atoms. The van der Waals surface area contributed by atoms with Crippen LogP contribution >= 0.6 is 0 Å². The van der Waals surface area contributed by atoms with Crippen LogP contribution in [-0.4, -0.2) is 16.9 Å². The summed E-state index contributed by atoms with van der Waals surface area (Å²) in [6.45, 7) is 6.43. The molecule has 1 aromatic rings. The van der Waals surface area contributed by atoms with E-state index >= 15 is 0 Å². The summed E-state index contributed by atoms with van der Waals surface area (Å²) in [7, 11) is 0. The third-order valence-corrected chi connectivity index (χ3v) is 4.53. The molecular formula is C18H24O3. The van der Waals surface area contributed by atoms with Crippen LogP contribution in [0.25, 0.3) is 0 Å². The fourth-order valence-corrected chi connectivity index (χ4v) is 3.05. The van der Waals surface area contributed by atoms with E-state index in [2.05, 4.69) is 20.8 Å². The van der Waals surface area contributed by atoms with Crippen molar-refractivity contribution in [2.24, 2.45) is 5.41 Å². The van der Waals surface area contributed by atoms with Crippen molar-refractivity contribution >= 4 is 11.8 Å². The standard InChI is InChI=1S/C18H24O3/c1-17(2,3)14-9-7-13(8-10-14)12-18(16(20)21)11-5-4-6-15(18)19/h7-10H,4-6,11-12H2,1-3H3,(H,20,21). The Morgan fingerprint density at radius 3 is 2.29 bits per heavy atom. The number of hydrogen-bond donors (Lipinski definition) is 1. The van der Waals surface area contributed by atoms with Crippen molar-refractivity contribution in [1.29, 1.82) is 0 Å². The van der Waals surface area contributed by atoms with E-state index in [9.17, 15) is 14.7 Å². The predicted molar refractivity (Wildman–Crippen MR) is 82.4 cm³/mol. The summed E-state index contributed by atoms with van der Waals surface area (Å²) < 4.78 is 0. The maximum atomic E-state index is 12.2. The molecule has 0 bridgehead atoms. The number of carboxylic acids is 1. The fraction of sp³-hybridized carbons (Fsp3) is 0.556. The Hall–Kier alpha value is -1.64. The van der Waals surface area contributed by atoms with Gasteiger partial charge in [-0.05, 0) is 35.8 Å². The molecule has 1 unspecified atom stereocenters. The number of benzene rings is 1. The molecule has 0 radical (unpaired) electrons. The first-order valence-electron chi connectivity index (χ1n) is 7.62. The van der Waals surface area contributed by atoms with Crippen LogP contribution in [0.5, 0.6) is 0 Å². The van der Waals surface area contributed by atoms with Crippen molar-refractivity contribution in [1.82, 2.24) is 0 Å². The van der Waals surface area contributed by atoms with Crippen LogP contribution in [0.4, 0.5) is 0 Å². The Morgan fingerprint density at radius 1 is 1.19 bits per heavy atom. The molecule has 114 valence electrons. The first-order valence-corrected chi connectivity index (χ1v) is 7.62. The van der Waals surface area contributed by atoms with Gasteiger partial charge in [-0.15, -0.1) is 0 Å². The molecule has 1 N–H and O–H groups in total. The second kappa shape index (κ2) is 5.63. The largest absolute Gasteiger partial charge is 0.480 e. The number of carbonyl (C=O) groups is 2. The summed E-state index contributed by atoms with van der Waals surface area (Å²) in [4.78, 5) is 23.9. The second-order valence-corrected chi connectivity index (χ2v) is 7.14. The number of rotatable bonds is 3. The number of Topliss-reactive ketones (excluding diaryl/α,β-unsaturated/α-hetero) is 1. The first-order chi connectivity index (χ1) is 9.75. The maximum Gasteiger partial charge on any atom is 0.317 e. The molecule has 3 heteroatoms. The van der Waals surface area contributed by atoms with Crippen molar-refractivity contribution in [3.8, 4) is 0 Å². The lowest BCUT2D eigenvalue weighted by Gasteiger charge is -2.32. The minimum absolute atomic E-state index is 0.0731. The quantitative estimate of drug-likeness (QED) is 0.862. The van der Waals surface area contributed by atoms with Crippen LogP contribution in [0.1, 0.15) is 57.6 Å². The lowest BCUT2D eigenvalue weighted by atomic mass is 9.69. The highest BCUT2D eigenvalue weighted by molar-refractivity contribution is 6.03. The Bertz CT molecular complexity index is 537. The van der Waals surface area contributed by atoms with Crippen molar-refractivity contribution in [3.63, 3.8) is 0 Å². The van der Waals surface area contributed by atoms with Gasteiger partial charge >= 0.3 is 5.97 Å². The average molecular weight is 288 g/mol. The van der Waals surface area contributed by atoms with Crippen LogP contribution in [0.15, 0.2) is 24.3 Å². The molecule has 1 fully saturated rings. The van der Waals surface area contributed by atoms with Gasteiger partial charge in [0.25, 0.3) is 0 Å². The third-order valence-electron chi connectivity index (χ3n) is 4.53. The molecule has 1 aliphatic rings. The maximum absolute atomic E-state index is 12.2. The highest BCUT2D eigenvalue weighted by Crippen LogP contribution is 2.37. The van der Waals surface area contributed by atoms with Crippen molar-refractivity contribution in [2.75, 3.05) is 0 Å². The summed E-state index contributed by atoms with van der Waals surface area (Å²) in [6, 6.07) is 8.01. The van der Waals surface area contributed by atoms with Gasteiger partial charge in [0, 0.05) is 6.42 Å². The van der Waals surface area contributed by atoms with Gasteiger partial charge in [0.2, 0.25) is 0 Å². The van der Waals surface area contributed by atoms with Crippen LogP contribution in [0.2, 0.25) is 0 Å². The number of ketones is 1. The van der Waals surface area contributed by atoms with E-state index in [-0.39, 0.29) is 11.2 Å². The predicted octanol–water partition coefficient (Wildman–Crippen LogP) is 3.74.